The van der Waals surface area contributed by atoms with Crippen LogP contribution >= 0.6 is 0 Å². The van der Waals surface area contributed by atoms with E-state index in [9.17, 15) is 0 Å². The Labute approximate surface area is 294 Å². The fraction of sp³-hybridized carbons (Fsp3) is 0. The Hall–Kier alpha value is -6.70. The van der Waals surface area contributed by atoms with Gasteiger partial charge in [0.2, 0.25) is 0 Å². The van der Waals surface area contributed by atoms with Gasteiger partial charge in [-0.2, -0.15) is 0 Å². The fourth-order valence-corrected chi connectivity index (χ4v) is 8.60. The molecule has 1 heteroatoms. The van der Waals surface area contributed by atoms with E-state index in [-0.39, 0.29) is 0 Å². The van der Waals surface area contributed by atoms with Crippen LogP contribution in [-0.2, 0) is 0 Å². The van der Waals surface area contributed by atoms with Gasteiger partial charge in [-0.25, -0.2) is 0 Å². The summed E-state index contributed by atoms with van der Waals surface area (Å²) in [6.07, 6.45) is 0. The second-order valence-corrected chi connectivity index (χ2v) is 13.6. The van der Waals surface area contributed by atoms with Crippen molar-refractivity contribution in [2.45, 2.75) is 0 Å². The van der Waals surface area contributed by atoms with E-state index >= 15 is 0 Å². The first-order chi connectivity index (χ1) is 25.3. The summed E-state index contributed by atoms with van der Waals surface area (Å²) in [5.41, 5.74) is 9.21. The Morgan fingerprint density at radius 2 is 0.863 bits per heavy atom. The number of furan rings is 1. The Bertz CT molecular complexity index is 3130. The lowest BCUT2D eigenvalue weighted by Crippen LogP contribution is -1.92. The van der Waals surface area contributed by atoms with Crippen LogP contribution in [0.5, 0.6) is 0 Å². The van der Waals surface area contributed by atoms with Gasteiger partial charge < -0.3 is 4.42 Å². The first kappa shape index (κ1) is 28.2. The van der Waals surface area contributed by atoms with Gasteiger partial charge >= 0.3 is 0 Å². The summed E-state index contributed by atoms with van der Waals surface area (Å²) in [5, 5.41) is 14.6. The Balaban J connectivity index is 1.20. The topological polar surface area (TPSA) is 13.1 Å². The van der Waals surface area contributed by atoms with Crippen molar-refractivity contribution in [1.29, 1.82) is 0 Å². The lowest BCUT2D eigenvalue weighted by Gasteiger charge is -2.19. The van der Waals surface area contributed by atoms with Gasteiger partial charge in [0.15, 0.2) is 0 Å². The number of hydrogen-bond acceptors (Lipinski definition) is 1. The Morgan fingerprint density at radius 3 is 1.63 bits per heavy atom. The monoisotopic (exact) mass is 646 g/mol. The molecule has 0 saturated heterocycles. The molecule has 0 spiro atoms. The Kier molecular flexibility index (Phi) is 6.02. The van der Waals surface area contributed by atoms with Crippen molar-refractivity contribution in [3.63, 3.8) is 0 Å². The number of fused-ring (bicyclic) bond motifs is 10. The maximum atomic E-state index is 6.77. The van der Waals surface area contributed by atoms with Gasteiger partial charge in [0, 0.05) is 16.2 Å². The summed E-state index contributed by atoms with van der Waals surface area (Å²) in [6.45, 7) is 0. The van der Waals surface area contributed by atoms with Gasteiger partial charge in [0.1, 0.15) is 11.2 Å². The molecule has 51 heavy (non-hydrogen) atoms. The standard InChI is InChI=1S/C50H30O/c1-2-12-31(13-3-1)33-25-27-36-34(30-33)26-29-45-49-44(22-11-23-46(49)51-50(36)45)48-42-18-8-6-16-40(42)47(41-17-7-9-19-43(41)48)39-21-10-20-37-35-15-5-4-14-32(35)24-28-38(37)39/h1-30H. The first-order valence-electron chi connectivity index (χ1n) is 17.6. The molecule has 0 aliphatic carbocycles. The highest BCUT2D eigenvalue weighted by atomic mass is 16.3. The van der Waals surface area contributed by atoms with E-state index in [0.29, 0.717) is 0 Å². The van der Waals surface area contributed by atoms with Crippen LogP contribution in [0.25, 0.3) is 109 Å². The minimum absolute atomic E-state index is 0.903. The molecule has 0 bridgehead atoms. The molecule has 0 amide bonds. The van der Waals surface area contributed by atoms with Crippen molar-refractivity contribution in [3.05, 3.63) is 182 Å². The summed E-state index contributed by atoms with van der Waals surface area (Å²) in [7, 11) is 0. The molecule has 1 aromatic heterocycles. The predicted molar refractivity (Wildman–Crippen MR) is 218 cm³/mol. The van der Waals surface area contributed by atoms with Crippen molar-refractivity contribution in [2.75, 3.05) is 0 Å². The second kappa shape index (κ2) is 10.9. The number of benzene rings is 10. The molecule has 0 saturated carbocycles. The molecular formula is C50H30O. The zero-order valence-electron chi connectivity index (χ0n) is 27.7. The van der Waals surface area contributed by atoms with E-state index in [1.807, 2.05) is 0 Å². The molecule has 0 radical (unpaired) electrons. The fourth-order valence-electron chi connectivity index (χ4n) is 8.60. The van der Waals surface area contributed by atoms with Gasteiger partial charge in [-0.1, -0.05) is 158 Å². The van der Waals surface area contributed by atoms with Crippen LogP contribution < -0.4 is 0 Å². The van der Waals surface area contributed by atoms with E-state index in [1.54, 1.807) is 0 Å². The van der Waals surface area contributed by atoms with E-state index in [1.165, 1.54) is 81.9 Å². The summed E-state index contributed by atoms with van der Waals surface area (Å²) < 4.78 is 6.77. The summed E-state index contributed by atoms with van der Waals surface area (Å²) in [6, 6.07) is 66.2. The highest BCUT2D eigenvalue weighted by molar-refractivity contribution is 6.28. The smallest absolute Gasteiger partial charge is 0.143 e. The van der Waals surface area contributed by atoms with E-state index in [0.717, 1.165) is 27.3 Å². The van der Waals surface area contributed by atoms with Crippen molar-refractivity contribution in [1.82, 2.24) is 0 Å². The molecule has 1 nitrogen and oxygen atoms in total. The third-order valence-corrected chi connectivity index (χ3v) is 10.8. The maximum Gasteiger partial charge on any atom is 0.143 e. The first-order valence-corrected chi connectivity index (χ1v) is 17.6. The summed E-state index contributed by atoms with van der Waals surface area (Å²) in [4.78, 5) is 0. The summed E-state index contributed by atoms with van der Waals surface area (Å²) >= 11 is 0. The third kappa shape index (κ3) is 4.16. The van der Waals surface area contributed by atoms with E-state index in [4.69, 9.17) is 4.42 Å². The van der Waals surface area contributed by atoms with E-state index in [2.05, 4.69) is 182 Å². The van der Waals surface area contributed by atoms with Gasteiger partial charge in [-0.05, 0) is 106 Å². The third-order valence-electron chi connectivity index (χ3n) is 10.8. The van der Waals surface area contributed by atoms with Crippen LogP contribution in [0.3, 0.4) is 0 Å². The molecule has 236 valence electrons. The molecule has 0 fully saturated rings. The van der Waals surface area contributed by atoms with Crippen molar-refractivity contribution >= 4 is 75.8 Å². The Morgan fingerprint density at radius 1 is 0.294 bits per heavy atom. The predicted octanol–water partition coefficient (Wildman–Crippen LogP) is 14.4. The molecular weight excluding hydrogens is 617 g/mol. The van der Waals surface area contributed by atoms with Gasteiger partial charge in [0.05, 0.1) is 0 Å². The molecule has 11 aromatic rings. The normalized spacial score (nSPS) is 11.9. The zero-order valence-corrected chi connectivity index (χ0v) is 27.7. The minimum atomic E-state index is 0.903. The molecule has 10 aromatic carbocycles. The SMILES string of the molecule is c1ccc(-c2ccc3c(ccc4c3oc3cccc(-c5c6ccccc6c(-c6cccc7c6ccc6ccccc67)c6ccccc56)c34)c2)cc1. The zero-order chi connectivity index (χ0) is 33.5. The maximum absolute atomic E-state index is 6.77. The van der Waals surface area contributed by atoms with Crippen LogP contribution in [0.2, 0.25) is 0 Å². The quantitative estimate of drug-likeness (QED) is 0.138. The van der Waals surface area contributed by atoms with Crippen LogP contribution in [0.4, 0.5) is 0 Å². The molecule has 1 heterocycles. The molecule has 0 unspecified atom stereocenters. The molecule has 0 aliphatic heterocycles. The lowest BCUT2D eigenvalue weighted by atomic mass is 9.83. The van der Waals surface area contributed by atoms with Crippen LogP contribution in [-0.4, -0.2) is 0 Å². The summed E-state index contributed by atoms with van der Waals surface area (Å²) in [5.74, 6) is 0. The number of hydrogen-bond donors (Lipinski definition) is 0. The minimum Gasteiger partial charge on any atom is -0.455 e. The van der Waals surface area contributed by atoms with Gasteiger partial charge in [-0.15, -0.1) is 0 Å². The number of rotatable bonds is 3. The molecule has 0 N–H and O–H groups in total. The van der Waals surface area contributed by atoms with Gasteiger partial charge in [-0.3, -0.25) is 0 Å². The average Bonchev–Trinajstić information content (AvgIpc) is 3.59. The van der Waals surface area contributed by atoms with Crippen molar-refractivity contribution in [2.24, 2.45) is 0 Å². The molecule has 0 aliphatic rings. The largest absolute Gasteiger partial charge is 0.455 e. The van der Waals surface area contributed by atoms with Crippen molar-refractivity contribution in [3.8, 4) is 33.4 Å². The van der Waals surface area contributed by atoms with Crippen LogP contribution in [0.1, 0.15) is 0 Å². The second-order valence-electron chi connectivity index (χ2n) is 13.6. The van der Waals surface area contributed by atoms with E-state index < -0.39 is 0 Å². The average molecular weight is 647 g/mol. The van der Waals surface area contributed by atoms with Crippen molar-refractivity contribution < 1.29 is 4.42 Å². The van der Waals surface area contributed by atoms with Crippen LogP contribution in [0, 0.1) is 0 Å². The molecule has 0 atom stereocenters. The molecule has 11 rings (SSSR count). The lowest BCUT2D eigenvalue weighted by molar-refractivity contribution is 0.673. The highest BCUT2D eigenvalue weighted by Crippen LogP contribution is 2.48. The van der Waals surface area contributed by atoms with Gasteiger partial charge in [0.25, 0.3) is 0 Å². The highest BCUT2D eigenvalue weighted by Gasteiger charge is 2.22. The van der Waals surface area contributed by atoms with Crippen LogP contribution in [0.15, 0.2) is 186 Å².